The van der Waals surface area contributed by atoms with E-state index in [2.05, 4.69) is 55.3 Å². The van der Waals surface area contributed by atoms with Gasteiger partial charge in [-0.15, -0.1) is 10.2 Å². The Morgan fingerprint density at radius 3 is 3.04 bits per heavy atom. The monoisotopic (exact) mass is 312 g/mol. The fourth-order valence-electron chi connectivity index (χ4n) is 3.18. The van der Waals surface area contributed by atoms with Crippen molar-refractivity contribution in [2.45, 2.75) is 38.5 Å². The number of fused-ring (bicyclic) bond motifs is 1. The van der Waals surface area contributed by atoms with Crippen molar-refractivity contribution in [2.75, 3.05) is 18.0 Å². The molecule has 0 spiro atoms. The first-order chi connectivity index (χ1) is 11.2. The zero-order chi connectivity index (χ0) is 15.8. The van der Waals surface area contributed by atoms with Gasteiger partial charge in [-0.25, -0.2) is 4.98 Å². The number of H-pyrrole nitrogens is 1. The highest BCUT2D eigenvalue weighted by Crippen LogP contribution is 2.31. The summed E-state index contributed by atoms with van der Waals surface area (Å²) in [5, 5.41) is 19.9. The van der Waals surface area contributed by atoms with Gasteiger partial charge in [0.25, 0.3) is 0 Å². The normalized spacial score (nSPS) is 18.9. The molecule has 120 valence electrons. The lowest BCUT2D eigenvalue weighted by Gasteiger charge is -2.33. The lowest BCUT2D eigenvalue weighted by atomic mass is 9.97. The van der Waals surface area contributed by atoms with Crippen molar-refractivity contribution in [3.05, 3.63) is 30.2 Å². The van der Waals surface area contributed by atoms with E-state index in [-0.39, 0.29) is 0 Å². The Kier molecular flexibility index (Phi) is 3.44. The third kappa shape index (κ3) is 2.54. The molecule has 1 aliphatic rings. The van der Waals surface area contributed by atoms with Crippen LogP contribution in [0.1, 0.15) is 50.0 Å². The van der Waals surface area contributed by atoms with Crippen LogP contribution in [0.3, 0.4) is 0 Å². The van der Waals surface area contributed by atoms with Crippen LogP contribution < -0.4 is 4.90 Å². The van der Waals surface area contributed by atoms with E-state index in [1.54, 1.807) is 17.2 Å². The largest absolute Gasteiger partial charge is 0.368 e. The van der Waals surface area contributed by atoms with Crippen LogP contribution in [-0.2, 0) is 0 Å². The molecule has 0 radical (unpaired) electrons. The predicted molar refractivity (Wildman–Crippen MR) is 85.4 cm³/mol. The summed E-state index contributed by atoms with van der Waals surface area (Å²) in [6.45, 7) is 6.21. The van der Waals surface area contributed by atoms with Crippen molar-refractivity contribution in [3.8, 4) is 0 Å². The van der Waals surface area contributed by atoms with E-state index in [1.807, 2.05) is 0 Å². The van der Waals surface area contributed by atoms with Crippen LogP contribution in [0, 0.1) is 0 Å². The smallest absolute Gasteiger partial charge is 0.200 e. The molecule has 0 saturated carbocycles. The maximum atomic E-state index is 4.60. The molecule has 1 fully saturated rings. The van der Waals surface area contributed by atoms with E-state index in [0.717, 1.165) is 48.8 Å². The molecule has 3 aromatic rings. The molecule has 8 heteroatoms. The topological polar surface area (TPSA) is 87.9 Å². The number of nitrogens with zero attached hydrogens (tertiary/aromatic N) is 7. The van der Waals surface area contributed by atoms with Crippen LogP contribution in [0.4, 0.5) is 5.69 Å². The van der Waals surface area contributed by atoms with Gasteiger partial charge in [-0.3, -0.25) is 5.10 Å². The zero-order valence-electron chi connectivity index (χ0n) is 13.3. The standard InChI is InChI=1S/C15H20N8/c1-10(2)12-6-13(15-20-18-9-23(15)21-12)22-5-3-4-11(7-22)14-16-8-17-19-14/h6,8-11H,3-5,7H2,1-2H3,(H,16,17,19). The molecule has 1 N–H and O–H groups in total. The van der Waals surface area contributed by atoms with Gasteiger partial charge in [0, 0.05) is 19.0 Å². The maximum Gasteiger partial charge on any atom is 0.200 e. The number of rotatable bonds is 3. The Morgan fingerprint density at radius 2 is 2.26 bits per heavy atom. The average molecular weight is 312 g/mol. The Labute approximate surface area is 133 Å². The summed E-state index contributed by atoms with van der Waals surface area (Å²) in [6, 6.07) is 2.15. The fraction of sp³-hybridized carbons (Fsp3) is 0.533. The van der Waals surface area contributed by atoms with Gasteiger partial charge in [0.2, 0.25) is 5.65 Å². The second-order valence-electron chi connectivity index (χ2n) is 6.36. The minimum absolute atomic E-state index is 0.357. The summed E-state index contributed by atoms with van der Waals surface area (Å²) in [7, 11) is 0. The molecule has 3 aromatic heterocycles. The molecule has 4 heterocycles. The molecule has 1 aliphatic heterocycles. The number of nitrogens with one attached hydrogen (secondary N) is 1. The van der Waals surface area contributed by atoms with Crippen LogP contribution in [0.15, 0.2) is 18.7 Å². The zero-order valence-corrected chi connectivity index (χ0v) is 13.3. The maximum absolute atomic E-state index is 4.60. The molecule has 0 aliphatic carbocycles. The van der Waals surface area contributed by atoms with Crippen molar-refractivity contribution >= 4 is 11.3 Å². The molecule has 1 saturated heterocycles. The number of anilines is 1. The van der Waals surface area contributed by atoms with Crippen molar-refractivity contribution in [1.29, 1.82) is 0 Å². The molecular weight excluding hydrogens is 292 g/mol. The van der Waals surface area contributed by atoms with E-state index in [1.165, 1.54) is 0 Å². The number of hydrogen-bond acceptors (Lipinski definition) is 6. The summed E-state index contributed by atoms with van der Waals surface area (Å²) in [6.07, 6.45) is 5.48. The summed E-state index contributed by atoms with van der Waals surface area (Å²) in [5.74, 6) is 1.69. The van der Waals surface area contributed by atoms with Gasteiger partial charge >= 0.3 is 0 Å². The van der Waals surface area contributed by atoms with Crippen molar-refractivity contribution in [3.63, 3.8) is 0 Å². The van der Waals surface area contributed by atoms with Gasteiger partial charge in [0.05, 0.1) is 11.4 Å². The summed E-state index contributed by atoms with van der Waals surface area (Å²) in [5.41, 5.74) is 2.96. The van der Waals surface area contributed by atoms with Gasteiger partial charge in [-0.05, 0) is 24.8 Å². The molecule has 23 heavy (non-hydrogen) atoms. The van der Waals surface area contributed by atoms with Gasteiger partial charge in [-0.1, -0.05) is 13.8 Å². The third-order valence-corrected chi connectivity index (χ3v) is 4.44. The van der Waals surface area contributed by atoms with Crippen LogP contribution in [0.25, 0.3) is 5.65 Å². The lowest BCUT2D eigenvalue weighted by Crippen LogP contribution is -2.35. The Hall–Kier alpha value is -2.51. The quantitative estimate of drug-likeness (QED) is 0.792. The lowest BCUT2D eigenvalue weighted by molar-refractivity contribution is 0.492. The van der Waals surface area contributed by atoms with E-state index in [4.69, 9.17) is 0 Å². The predicted octanol–water partition coefficient (Wildman–Crippen LogP) is 1.75. The van der Waals surface area contributed by atoms with E-state index < -0.39 is 0 Å². The number of piperidine rings is 1. The van der Waals surface area contributed by atoms with Gasteiger partial charge in [-0.2, -0.15) is 14.7 Å². The molecule has 4 rings (SSSR count). The van der Waals surface area contributed by atoms with Crippen LogP contribution in [-0.4, -0.2) is 48.1 Å². The number of aromatic amines is 1. The highest BCUT2D eigenvalue weighted by atomic mass is 15.4. The van der Waals surface area contributed by atoms with Crippen LogP contribution in [0.5, 0.6) is 0 Å². The Morgan fingerprint density at radius 1 is 1.35 bits per heavy atom. The van der Waals surface area contributed by atoms with Gasteiger partial charge in [0.15, 0.2) is 0 Å². The highest BCUT2D eigenvalue weighted by molar-refractivity contribution is 5.68. The van der Waals surface area contributed by atoms with Crippen molar-refractivity contribution in [1.82, 2.24) is 35.0 Å². The van der Waals surface area contributed by atoms with E-state index >= 15 is 0 Å². The van der Waals surface area contributed by atoms with Crippen LogP contribution >= 0.6 is 0 Å². The first-order valence-electron chi connectivity index (χ1n) is 8.03. The number of aromatic nitrogens is 7. The first-order valence-corrected chi connectivity index (χ1v) is 8.03. The fourth-order valence-corrected chi connectivity index (χ4v) is 3.18. The molecule has 8 nitrogen and oxygen atoms in total. The third-order valence-electron chi connectivity index (χ3n) is 4.44. The Bertz CT molecular complexity index is 791. The van der Waals surface area contributed by atoms with E-state index in [0.29, 0.717) is 11.8 Å². The Balaban J connectivity index is 1.71. The van der Waals surface area contributed by atoms with Crippen molar-refractivity contribution in [2.24, 2.45) is 0 Å². The highest BCUT2D eigenvalue weighted by Gasteiger charge is 2.26. The molecule has 1 atom stereocenters. The molecule has 0 bridgehead atoms. The molecule has 1 unspecified atom stereocenters. The van der Waals surface area contributed by atoms with Crippen molar-refractivity contribution < 1.29 is 0 Å². The second kappa shape index (κ2) is 5.60. The number of hydrogen-bond donors (Lipinski definition) is 1. The molecule has 0 amide bonds. The molecular formula is C15H20N8. The van der Waals surface area contributed by atoms with Gasteiger partial charge in [0.1, 0.15) is 18.5 Å². The summed E-state index contributed by atoms with van der Waals surface area (Å²) < 4.78 is 1.78. The summed E-state index contributed by atoms with van der Waals surface area (Å²) in [4.78, 5) is 6.70. The molecule has 0 aromatic carbocycles. The van der Waals surface area contributed by atoms with Gasteiger partial charge < -0.3 is 4.90 Å². The minimum atomic E-state index is 0.357. The first kappa shape index (κ1) is 14.1. The second-order valence-corrected chi connectivity index (χ2v) is 6.36. The summed E-state index contributed by atoms with van der Waals surface area (Å²) >= 11 is 0. The van der Waals surface area contributed by atoms with Crippen LogP contribution in [0.2, 0.25) is 0 Å². The minimum Gasteiger partial charge on any atom is -0.368 e. The van der Waals surface area contributed by atoms with E-state index in [9.17, 15) is 0 Å². The average Bonchev–Trinajstić information content (AvgIpc) is 3.25. The SMILES string of the molecule is CC(C)c1cc(N2CCCC(c3ncn[nH]3)C2)c2nncn2n1.